The highest BCUT2D eigenvalue weighted by atomic mass is 32.2. The highest BCUT2D eigenvalue weighted by Gasteiger charge is 2.01. The summed E-state index contributed by atoms with van der Waals surface area (Å²) in [6.45, 7) is 0.946. The molecule has 0 aliphatic carbocycles. The number of hydrogen-bond acceptors (Lipinski definition) is 4. The van der Waals surface area contributed by atoms with Crippen molar-refractivity contribution in [3.8, 4) is 0 Å². The Morgan fingerprint density at radius 3 is 2.44 bits per heavy atom. The molecule has 0 aromatic heterocycles. The SMILES string of the molecule is CS(=O)(=O)CCCOCc1ccc(N)cc1. The summed E-state index contributed by atoms with van der Waals surface area (Å²) >= 11 is 0. The third-order valence-corrected chi connectivity index (χ3v) is 3.08. The Kier molecular flexibility index (Phi) is 4.76. The minimum absolute atomic E-state index is 0.175. The molecule has 90 valence electrons. The van der Waals surface area contributed by atoms with Gasteiger partial charge in [0.2, 0.25) is 0 Å². The lowest BCUT2D eigenvalue weighted by atomic mass is 10.2. The smallest absolute Gasteiger partial charge is 0.147 e. The molecule has 0 amide bonds. The van der Waals surface area contributed by atoms with Crippen molar-refractivity contribution in [2.45, 2.75) is 13.0 Å². The fourth-order valence-corrected chi connectivity index (χ4v) is 1.87. The normalized spacial score (nSPS) is 11.6. The molecule has 0 saturated heterocycles. The van der Waals surface area contributed by atoms with Crippen molar-refractivity contribution >= 4 is 15.5 Å². The molecule has 1 aromatic rings. The first-order valence-electron chi connectivity index (χ1n) is 5.07. The third-order valence-electron chi connectivity index (χ3n) is 2.05. The van der Waals surface area contributed by atoms with Crippen LogP contribution in [-0.4, -0.2) is 27.0 Å². The van der Waals surface area contributed by atoms with Gasteiger partial charge in [-0.1, -0.05) is 12.1 Å². The van der Waals surface area contributed by atoms with E-state index in [1.807, 2.05) is 24.3 Å². The standard InChI is InChI=1S/C11H17NO3S/c1-16(13,14)8-2-7-15-9-10-3-5-11(12)6-4-10/h3-6H,2,7-9,12H2,1H3. The van der Waals surface area contributed by atoms with Gasteiger partial charge in [0.1, 0.15) is 9.84 Å². The largest absolute Gasteiger partial charge is 0.399 e. The van der Waals surface area contributed by atoms with Crippen molar-refractivity contribution < 1.29 is 13.2 Å². The third kappa shape index (κ3) is 5.72. The lowest BCUT2D eigenvalue weighted by Crippen LogP contribution is -2.06. The topological polar surface area (TPSA) is 69.4 Å². The van der Waals surface area contributed by atoms with Gasteiger partial charge in [0, 0.05) is 18.6 Å². The van der Waals surface area contributed by atoms with E-state index in [2.05, 4.69) is 0 Å². The van der Waals surface area contributed by atoms with E-state index in [1.54, 1.807) is 0 Å². The van der Waals surface area contributed by atoms with Crippen LogP contribution in [0.25, 0.3) is 0 Å². The predicted octanol–water partition coefficient (Wildman–Crippen LogP) is 1.22. The lowest BCUT2D eigenvalue weighted by molar-refractivity contribution is 0.122. The number of nitrogen functional groups attached to an aromatic ring is 1. The summed E-state index contributed by atoms with van der Waals surface area (Å²) in [5.41, 5.74) is 7.30. The molecule has 5 heteroatoms. The van der Waals surface area contributed by atoms with Crippen LogP contribution in [0.15, 0.2) is 24.3 Å². The molecule has 1 aromatic carbocycles. The van der Waals surface area contributed by atoms with Gasteiger partial charge >= 0.3 is 0 Å². The van der Waals surface area contributed by atoms with Crippen LogP contribution >= 0.6 is 0 Å². The van der Waals surface area contributed by atoms with Crippen LogP contribution < -0.4 is 5.73 Å². The van der Waals surface area contributed by atoms with Crippen molar-refractivity contribution in [2.75, 3.05) is 24.3 Å². The van der Waals surface area contributed by atoms with Crippen molar-refractivity contribution in [1.82, 2.24) is 0 Å². The van der Waals surface area contributed by atoms with E-state index >= 15 is 0 Å². The van der Waals surface area contributed by atoms with Crippen LogP contribution in [0, 0.1) is 0 Å². The molecular formula is C11H17NO3S. The van der Waals surface area contributed by atoms with Gasteiger partial charge in [-0.25, -0.2) is 8.42 Å². The first kappa shape index (κ1) is 13.0. The van der Waals surface area contributed by atoms with Gasteiger partial charge in [0.25, 0.3) is 0 Å². The lowest BCUT2D eigenvalue weighted by Gasteiger charge is -2.04. The van der Waals surface area contributed by atoms with E-state index in [0.717, 1.165) is 11.3 Å². The minimum Gasteiger partial charge on any atom is -0.399 e. The first-order valence-corrected chi connectivity index (χ1v) is 7.13. The molecule has 0 fully saturated rings. The Bertz CT molecular complexity index is 411. The second-order valence-corrected chi connectivity index (χ2v) is 6.04. The Labute approximate surface area is 96.3 Å². The van der Waals surface area contributed by atoms with Gasteiger partial charge in [-0.15, -0.1) is 0 Å². The Morgan fingerprint density at radius 2 is 1.88 bits per heavy atom. The number of ether oxygens (including phenoxy) is 1. The Balaban J connectivity index is 2.19. The fraction of sp³-hybridized carbons (Fsp3) is 0.455. The number of rotatable bonds is 6. The number of anilines is 1. The zero-order chi connectivity index (χ0) is 12.0. The van der Waals surface area contributed by atoms with E-state index < -0.39 is 9.84 Å². The first-order chi connectivity index (χ1) is 7.47. The molecule has 0 unspecified atom stereocenters. The maximum absolute atomic E-state index is 10.8. The molecule has 4 nitrogen and oxygen atoms in total. The molecular weight excluding hydrogens is 226 g/mol. The van der Waals surface area contributed by atoms with Crippen LogP contribution in [0.2, 0.25) is 0 Å². The Morgan fingerprint density at radius 1 is 1.25 bits per heavy atom. The number of benzene rings is 1. The molecule has 2 N–H and O–H groups in total. The Hall–Kier alpha value is -1.07. The average molecular weight is 243 g/mol. The maximum Gasteiger partial charge on any atom is 0.147 e. The summed E-state index contributed by atoms with van der Waals surface area (Å²) in [6, 6.07) is 7.42. The summed E-state index contributed by atoms with van der Waals surface area (Å²) < 4.78 is 27.0. The molecule has 0 heterocycles. The van der Waals surface area contributed by atoms with Gasteiger partial charge in [0.15, 0.2) is 0 Å². The number of sulfone groups is 1. The predicted molar refractivity (Wildman–Crippen MR) is 64.8 cm³/mol. The molecule has 0 saturated carbocycles. The minimum atomic E-state index is -2.87. The quantitative estimate of drug-likeness (QED) is 0.602. The van der Waals surface area contributed by atoms with E-state index in [1.165, 1.54) is 6.26 Å². The summed E-state index contributed by atoms with van der Waals surface area (Å²) in [6.07, 6.45) is 1.76. The van der Waals surface area contributed by atoms with Gasteiger partial charge in [-0.2, -0.15) is 0 Å². The summed E-state index contributed by atoms with van der Waals surface area (Å²) in [4.78, 5) is 0. The second kappa shape index (κ2) is 5.86. The van der Waals surface area contributed by atoms with Crippen molar-refractivity contribution in [3.63, 3.8) is 0 Å². The maximum atomic E-state index is 10.8. The van der Waals surface area contributed by atoms with E-state index in [-0.39, 0.29) is 5.75 Å². The molecule has 0 radical (unpaired) electrons. The molecule has 0 spiro atoms. The van der Waals surface area contributed by atoms with Crippen molar-refractivity contribution in [3.05, 3.63) is 29.8 Å². The van der Waals surface area contributed by atoms with Gasteiger partial charge in [-0.3, -0.25) is 0 Å². The van der Waals surface area contributed by atoms with Crippen LogP contribution in [-0.2, 0) is 21.2 Å². The second-order valence-electron chi connectivity index (χ2n) is 3.78. The molecule has 16 heavy (non-hydrogen) atoms. The highest BCUT2D eigenvalue weighted by molar-refractivity contribution is 7.90. The monoisotopic (exact) mass is 243 g/mol. The summed E-state index contributed by atoms with van der Waals surface area (Å²) in [7, 11) is -2.87. The number of hydrogen-bond donors (Lipinski definition) is 1. The van der Waals surface area contributed by atoms with Crippen LogP contribution in [0.5, 0.6) is 0 Å². The molecule has 0 bridgehead atoms. The van der Waals surface area contributed by atoms with Gasteiger partial charge in [-0.05, 0) is 24.1 Å². The molecule has 0 aliphatic rings. The van der Waals surface area contributed by atoms with E-state index in [4.69, 9.17) is 10.5 Å². The highest BCUT2D eigenvalue weighted by Crippen LogP contribution is 2.06. The van der Waals surface area contributed by atoms with Crippen molar-refractivity contribution in [1.29, 1.82) is 0 Å². The molecule has 1 rings (SSSR count). The van der Waals surface area contributed by atoms with Crippen LogP contribution in [0.1, 0.15) is 12.0 Å². The average Bonchev–Trinajstić information content (AvgIpc) is 2.19. The van der Waals surface area contributed by atoms with Crippen LogP contribution in [0.4, 0.5) is 5.69 Å². The summed E-state index contributed by atoms with van der Waals surface area (Å²) in [5.74, 6) is 0.175. The zero-order valence-corrected chi connectivity index (χ0v) is 10.2. The molecule has 0 aliphatic heterocycles. The van der Waals surface area contributed by atoms with E-state index in [9.17, 15) is 8.42 Å². The van der Waals surface area contributed by atoms with Gasteiger partial charge in [0.05, 0.1) is 12.4 Å². The van der Waals surface area contributed by atoms with E-state index in [0.29, 0.717) is 19.6 Å². The van der Waals surface area contributed by atoms with Crippen LogP contribution in [0.3, 0.4) is 0 Å². The fourth-order valence-electron chi connectivity index (χ4n) is 1.23. The molecule has 0 atom stereocenters. The van der Waals surface area contributed by atoms with Gasteiger partial charge < -0.3 is 10.5 Å². The van der Waals surface area contributed by atoms with Crippen molar-refractivity contribution in [2.24, 2.45) is 0 Å². The summed E-state index contributed by atoms with van der Waals surface area (Å²) in [5, 5.41) is 0. The number of nitrogens with two attached hydrogens (primary N) is 1. The zero-order valence-electron chi connectivity index (χ0n) is 9.35.